The van der Waals surface area contributed by atoms with E-state index in [1.54, 1.807) is 19.1 Å². The number of aryl methyl sites for hydroxylation is 1. The summed E-state index contributed by atoms with van der Waals surface area (Å²) in [6.45, 7) is 1.55. The molecule has 2 rings (SSSR count). The third kappa shape index (κ3) is 2.89. The van der Waals surface area contributed by atoms with E-state index in [0.717, 1.165) is 0 Å². The molecule has 0 saturated heterocycles. The van der Waals surface area contributed by atoms with E-state index in [9.17, 15) is 14.9 Å². The number of pyridine rings is 1. The minimum Gasteiger partial charge on any atom is -0.478 e. The first kappa shape index (κ1) is 13.5. The number of nitrogens with one attached hydrogen (secondary N) is 1. The van der Waals surface area contributed by atoms with Gasteiger partial charge in [0, 0.05) is 11.8 Å². The summed E-state index contributed by atoms with van der Waals surface area (Å²) in [5.41, 5.74) is 1.10. The lowest BCUT2D eigenvalue weighted by molar-refractivity contribution is -0.385. The van der Waals surface area contributed by atoms with E-state index in [2.05, 4.69) is 10.3 Å². The molecule has 7 nitrogen and oxygen atoms in total. The Morgan fingerprint density at radius 3 is 2.40 bits per heavy atom. The fourth-order valence-electron chi connectivity index (χ4n) is 1.66. The molecule has 0 amide bonds. The molecule has 0 atom stereocenters. The van der Waals surface area contributed by atoms with E-state index in [0.29, 0.717) is 17.2 Å². The van der Waals surface area contributed by atoms with Crippen LogP contribution in [0.2, 0.25) is 0 Å². The van der Waals surface area contributed by atoms with Gasteiger partial charge in [0.2, 0.25) is 0 Å². The minimum absolute atomic E-state index is 0.0447. The van der Waals surface area contributed by atoms with Crippen molar-refractivity contribution in [2.75, 3.05) is 5.32 Å². The quantitative estimate of drug-likeness (QED) is 0.655. The van der Waals surface area contributed by atoms with Crippen LogP contribution in [0.3, 0.4) is 0 Å². The number of anilines is 2. The highest BCUT2D eigenvalue weighted by Gasteiger charge is 2.11. The van der Waals surface area contributed by atoms with Crippen LogP contribution in [0.1, 0.15) is 16.1 Å². The molecule has 0 bridgehead atoms. The summed E-state index contributed by atoms with van der Waals surface area (Å²) >= 11 is 0. The Labute approximate surface area is 114 Å². The number of carboxylic acid groups (broad SMARTS) is 1. The van der Waals surface area contributed by atoms with Crippen molar-refractivity contribution in [1.29, 1.82) is 0 Å². The maximum absolute atomic E-state index is 10.7. The first-order chi connectivity index (χ1) is 9.47. The number of nitro groups is 1. The van der Waals surface area contributed by atoms with Gasteiger partial charge in [-0.15, -0.1) is 0 Å². The Balaban J connectivity index is 2.19. The zero-order chi connectivity index (χ0) is 14.7. The minimum atomic E-state index is -0.999. The van der Waals surface area contributed by atoms with E-state index in [1.807, 2.05) is 0 Å². The Bertz CT molecular complexity index is 668. The molecule has 2 N–H and O–H groups in total. The number of aromatic carboxylic acids is 1. The van der Waals surface area contributed by atoms with Gasteiger partial charge >= 0.3 is 5.97 Å². The van der Waals surface area contributed by atoms with Gasteiger partial charge in [-0.05, 0) is 37.3 Å². The molecule has 0 radical (unpaired) electrons. The average Bonchev–Trinajstić information content (AvgIpc) is 2.39. The number of carbonyl (C=O) groups is 1. The SMILES string of the molecule is Cc1nc(Nc2ccc(C(=O)O)cc2)ccc1[N+](=O)[O-]. The largest absolute Gasteiger partial charge is 0.478 e. The van der Waals surface area contributed by atoms with E-state index < -0.39 is 10.9 Å². The summed E-state index contributed by atoms with van der Waals surface area (Å²) in [5.74, 6) is -0.544. The van der Waals surface area contributed by atoms with Crippen LogP contribution in [0.15, 0.2) is 36.4 Å². The van der Waals surface area contributed by atoms with Crippen LogP contribution in [0.5, 0.6) is 0 Å². The van der Waals surface area contributed by atoms with Crippen molar-refractivity contribution < 1.29 is 14.8 Å². The molecule has 7 heteroatoms. The lowest BCUT2D eigenvalue weighted by atomic mass is 10.2. The second kappa shape index (κ2) is 5.35. The van der Waals surface area contributed by atoms with Gasteiger partial charge in [-0.2, -0.15) is 0 Å². The number of hydrogen-bond donors (Lipinski definition) is 2. The maximum Gasteiger partial charge on any atom is 0.335 e. The first-order valence-corrected chi connectivity index (χ1v) is 5.70. The number of carboxylic acids is 1. The molecule has 20 heavy (non-hydrogen) atoms. The summed E-state index contributed by atoms with van der Waals surface area (Å²) in [7, 11) is 0. The number of hydrogen-bond acceptors (Lipinski definition) is 5. The summed E-state index contributed by atoms with van der Waals surface area (Å²) in [4.78, 5) is 25.0. The third-order valence-corrected chi connectivity index (χ3v) is 2.66. The third-order valence-electron chi connectivity index (χ3n) is 2.66. The van der Waals surface area contributed by atoms with Crippen molar-refractivity contribution in [3.8, 4) is 0 Å². The van der Waals surface area contributed by atoms with Crippen molar-refractivity contribution in [3.05, 3.63) is 57.8 Å². The van der Waals surface area contributed by atoms with Crippen LogP contribution in [0, 0.1) is 17.0 Å². The van der Waals surface area contributed by atoms with E-state index >= 15 is 0 Å². The average molecular weight is 273 g/mol. The highest BCUT2D eigenvalue weighted by Crippen LogP contribution is 2.21. The normalized spacial score (nSPS) is 10.1. The molecule has 1 heterocycles. The highest BCUT2D eigenvalue weighted by molar-refractivity contribution is 5.88. The Hall–Kier alpha value is -2.96. The van der Waals surface area contributed by atoms with Crippen LogP contribution >= 0.6 is 0 Å². The molecule has 0 saturated carbocycles. The van der Waals surface area contributed by atoms with Crippen molar-refractivity contribution in [1.82, 2.24) is 4.98 Å². The van der Waals surface area contributed by atoms with Gasteiger partial charge in [0.05, 0.1) is 10.5 Å². The lowest BCUT2D eigenvalue weighted by Gasteiger charge is -2.06. The summed E-state index contributed by atoms with van der Waals surface area (Å²) in [6.07, 6.45) is 0. The summed E-state index contributed by atoms with van der Waals surface area (Å²) in [6, 6.07) is 8.99. The number of nitrogens with zero attached hydrogens (tertiary/aromatic N) is 2. The molecule has 2 aromatic rings. The lowest BCUT2D eigenvalue weighted by Crippen LogP contribution is -2.00. The monoisotopic (exact) mass is 273 g/mol. The van der Waals surface area contributed by atoms with Gasteiger partial charge in [0.15, 0.2) is 0 Å². The molecular formula is C13H11N3O4. The summed E-state index contributed by atoms with van der Waals surface area (Å²) in [5, 5.41) is 22.4. The van der Waals surface area contributed by atoms with Gasteiger partial charge in [-0.3, -0.25) is 10.1 Å². The van der Waals surface area contributed by atoms with Crippen LogP contribution in [-0.2, 0) is 0 Å². The molecule has 0 aliphatic carbocycles. The Morgan fingerprint density at radius 2 is 1.90 bits per heavy atom. The first-order valence-electron chi connectivity index (χ1n) is 5.70. The molecular weight excluding hydrogens is 262 g/mol. The molecule has 0 unspecified atom stereocenters. The highest BCUT2D eigenvalue weighted by atomic mass is 16.6. The number of aromatic nitrogens is 1. The van der Waals surface area contributed by atoms with Gasteiger partial charge in [0.25, 0.3) is 5.69 Å². The fraction of sp³-hybridized carbons (Fsp3) is 0.0769. The Kier molecular flexibility index (Phi) is 3.60. The van der Waals surface area contributed by atoms with Gasteiger partial charge in [-0.1, -0.05) is 0 Å². The zero-order valence-corrected chi connectivity index (χ0v) is 10.5. The smallest absolute Gasteiger partial charge is 0.335 e. The molecule has 0 spiro atoms. The summed E-state index contributed by atoms with van der Waals surface area (Å²) < 4.78 is 0. The van der Waals surface area contributed by atoms with Crippen molar-refractivity contribution >= 4 is 23.2 Å². The van der Waals surface area contributed by atoms with Gasteiger partial charge < -0.3 is 10.4 Å². The van der Waals surface area contributed by atoms with Crippen molar-refractivity contribution in [3.63, 3.8) is 0 Å². The van der Waals surface area contributed by atoms with Crippen molar-refractivity contribution in [2.45, 2.75) is 6.92 Å². The van der Waals surface area contributed by atoms with E-state index in [-0.39, 0.29) is 11.3 Å². The molecule has 1 aromatic heterocycles. The van der Waals surface area contributed by atoms with Crippen molar-refractivity contribution in [2.24, 2.45) is 0 Å². The maximum atomic E-state index is 10.7. The molecule has 0 aliphatic rings. The van der Waals surface area contributed by atoms with Gasteiger partial charge in [-0.25, -0.2) is 9.78 Å². The standard InChI is InChI=1S/C13H11N3O4/c1-8-11(16(19)20)6-7-12(14-8)15-10-4-2-9(3-5-10)13(17)18/h2-7H,1H3,(H,14,15)(H,17,18). The second-order valence-corrected chi connectivity index (χ2v) is 4.07. The predicted molar refractivity (Wildman–Crippen MR) is 72.3 cm³/mol. The van der Waals surface area contributed by atoms with Crippen LogP contribution in [0.4, 0.5) is 17.2 Å². The van der Waals surface area contributed by atoms with Crippen LogP contribution in [0.25, 0.3) is 0 Å². The van der Waals surface area contributed by atoms with E-state index in [4.69, 9.17) is 5.11 Å². The topological polar surface area (TPSA) is 105 Å². The molecule has 102 valence electrons. The fourth-order valence-corrected chi connectivity index (χ4v) is 1.66. The second-order valence-electron chi connectivity index (χ2n) is 4.07. The zero-order valence-electron chi connectivity index (χ0n) is 10.5. The van der Waals surface area contributed by atoms with Crippen LogP contribution < -0.4 is 5.32 Å². The predicted octanol–water partition coefficient (Wildman–Crippen LogP) is 2.74. The van der Waals surface area contributed by atoms with E-state index in [1.165, 1.54) is 24.3 Å². The van der Waals surface area contributed by atoms with Crippen LogP contribution in [-0.4, -0.2) is 21.0 Å². The number of rotatable bonds is 4. The molecule has 0 aliphatic heterocycles. The molecule has 0 fully saturated rings. The number of benzene rings is 1. The Morgan fingerprint density at radius 1 is 1.25 bits per heavy atom. The van der Waals surface area contributed by atoms with Gasteiger partial charge in [0.1, 0.15) is 11.5 Å². The molecule has 1 aromatic carbocycles.